The molecular formula is C21H32N2O8. The van der Waals surface area contributed by atoms with Gasteiger partial charge in [0.25, 0.3) is 0 Å². The van der Waals surface area contributed by atoms with E-state index in [0.717, 1.165) is 32.1 Å². The van der Waals surface area contributed by atoms with Gasteiger partial charge in [0.2, 0.25) is 5.91 Å². The minimum atomic E-state index is -1.47. The molecule has 0 radical (unpaired) electrons. The lowest BCUT2D eigenvalue weighted by Crippen LogP contribution is -2.42. The van der Waals surface area contributed by atoms with Gasteiger partial charge in [-0.05, 0) is 12.8 Å². The summed E-state index contributed by atoms with van der Waals surface area (Å²) in [6, 6.07) is 1.12. The second kappa shape index (κ2) is 14.1. The number of carbonyl (C=O) groups excluding carboxylic acids is 3. The first-order chi connectivity index (χ1) is 14.7. The third-order valence-electron chi connectivity index (χ3n) is 4.69. The Kier molecular flexibility index (Phi) is 11.8. The molecule has 0 saturated heterocycles. The number of nitrogens with zero attached hydrogens (tertiary/aromatic N) is 1. The monoisotopic (exact) mass is 440 g/mol. The van der Waals surface area contributed by atoms with Gasteiger partial charge in [-0.3, -0.25) is 19.0 Å². The van der Waals surface area contributed by atoms with E-state index in [9.17, 15) is 34.5 Å². The lowest BCUT2D eigenvalue weighted by Gasteiger charge is -2.13. The number of rotatable bonds is 15. The molecule has 0 aliphatic carbocycles. The van der Waals surface area contributed by atoms with Crippen LogP contribution < -0.4 is 5.32 Å². The Hall–Kier alpha value is -3.04. The van der Waals surface area contributed by atoms with Crippen molar-refractivity contribution in [2.24, 2.45) is 0 Å². The van der Waals surface area contributed by atoms with Crippen molar-refractivity contribution in [3.05, 3.63) is 12.1 Å². The van der Waals surface area contributed by atoms with Gasteiger partial charge in [-0.15, -0.1) is 0 Å². The van der Waals surface area contributed by atoms with Gasteiger partial charge in [-0.25, -0.2) is 4.79 Å². The first-order valence-corrected chi connectivity index (χ1v) is 10.6. The molecule has 1 rings (SSSR count). The van der Waals surface area contributed by atoms with Crippen molar-refractivity contribution in [3.63, 3.8) is 0 Å². The average molecular weight is 440 g/mol. The fourth-order valence-corrected chi connectivity index (χ4v) is 2.98. The third-order valence-corrected chi connectivity index (χ3v) is 4.69. The van der Waals surface area contributed by atoms with Crippen molar-refractivity contribution in [2.75, 3.05) is 0 Å². The highest BCUT2D eigenvalue weighted by Gasteiger charge is 2.25. The first-order valence-electron chi connectivity index (χ1n) is 10.6. The van der Waals surface area contributed by atoms with E-state index < -0.39 is 36.3 Å². The van der Waals surface area contributed by atoms with Crippen LogP contribution in [-0.4, -0.2) is 49.7 Å². The van der Waals surface area contributed by atoms with Crippen LogP contribution in [0.25, 0.3) is 0 Å². The minimum absolute atomic E-state index is 0.125. The lowest BCUT2D eigenvalue weighted by molar-refractivity contribution is -0.161. The summed E-state index contributed by atoms with van der Waals surface area (Å²) < 4.78 is 5.78. The molecule has 4 N–H and O–H groups in total. The van der Waals surface area contributed by atoms with E-state index in [1.165, 1.54) is 16.7 Å². The Morgan fingerprint density at radius 1 is 0.935 bits per heavy atom. The maximum absolute atomic E-state index is 11.9. The fourth-order valence-electron chi connectivity index (χ4n) is 2.98. The Bertz CT molecular complexity index is 724. The summed E-state index contributed by atoms with van der Waals surface area (Å²) in [5, 5.41) is 30.5. The maximum Gasteiger partial charge on any atom is 0.326 e. The zero-order valence-electron chi connectivity index (χ0n) is 17.8. The number of carboxylic acid groups (broad SMARTS) is 1. The van der Waals surface area contributed by atoms with Crippen molar-refractivity contribution in [1.82, 2.24) is 9.88 Å². The molecular weight excluding hydrogens is 408 g/mol. The van der Waals surface area contributed by atoms with Gasteiger partial charge in [0, 0.05) is 31.5 Å². The minimum Gasteiger partial charge on any atom is -0.494 e. The Balaban J connectivity index is 2.32. The number of carboxylic acids is 1. The van der Waals surface area contributed by atoms with Crippen molar-refractivity contribution in [3.8, 4) is 11.8 Å². The average Bonchev–Trinajstić information content (AvgIpc) is 3.02. The molecule has 0 aromatic carbocycles. The fraction of sp³-hybridized carbons (Fsp3) is 0.619. The van der Waals surface area contributed by atoms with Gasteiger partial charge in [0.1, 0.15) is 6.04 Å². The smallest absolute Gasteiger partial charge is 0.326 e. The standard InChI is InChI=1S/C21H32N2O8/c1-2-3-4-5-6-7-9-16(24)22-15(21(29)30)14-20(28)31-19(27)10-8-13-23-17(25)11-12-18(23)26/h11-12,15,25-26H,2-10,13-14H2,1H3,(H,22,24)(H,29,30). The van der Waals surface area contributed by atoms with Crippen LogP contribution in [0.3, 0.4) is 0 Å². The Labute approximate surface area is 181 Å². The van der Waals surface area contributed by atoms with Gasteiger partial charge < -0.3 is 25.4 Å². The van der Waals surface area contributed by atoms with Crippen molar-refractivity contribution in [2.45, 2.75) is 83.7 Å². The molecule has 31 heavy (non-hydrogen) atoms. The molecule has 1 heterocycles. The molecule has 10 heteroatoms. The molecule has 1 amide bonds. The van der Waals surface area contributed by atoms with Crippen LogP contribution in [0.1, 0.15) is 71.1 Å². The molecule has 0 saturated carbocycles. The van der Waals surface area contributed by atoms with Crippen LogP contribution in [0.5, 0.6) is 11.8 Å². The molecule has 0 spiro atoms. The van der Waals surface area contributed by atoms with Crippen LogP contribution in [0.2, 0.25) is 0 Å². The van der Waals surface area contributed by atoms with E-state index in [1.54, 1.807) is 0 Å². The number of hydrogen-bond donors (Lipinski definition) is 4. The quantitative estimate of drug-likeness (QED) is 0.184. The summed E-state index contributed by atoms with van der Waals surface area (Å²) in [6.07, 6.45) is 5.41. The van der Waals surface area contributed by atoms with Gasteiger partial charge in [-0.1, -0.05) is 39.0 Å². The topological polar surface area (TPSA) is 155 Å². The number of aliphatic carboxylic acids is 1. The zero-order chi connectivity index (χ0) is 23.2. The molecule has 0 aliphatic heterocycles. The summed E-state index contributed by atoms with van der Waals surface area (Å²) >= 11 is 0. The summed E-state index contributed by atoms with van der Waals surface area (Å²) in [7, 11) is 0. The highest BCUT2D eigenvalue weighted by molar-refractivity contribution is 5.90. The van der Waals surface area contributed by atoms with Crippen molar-refractivity contribution in [1.29, 1.82) is 0 Å². The number of esters is 2. The highest BCUT2D eigenvalue weighted by Crippen LogP contribution is 2.21. The maximum atomic E-state index is 11.9. The van der Waals surface area contributed by atoms with E-state index in [1.807, 2.05) is 0 Å². The Morgan fingerprint density at radius 3 is 2.16 bits per heavy atom. The number of hydrogen-bond acceptors (Lipinski definition) is 7. The van der Waals surface area contributed by atoms with Crippen LogP contribution in [0.4, 0.5) is 0 Å². The number of aromatic nitrogens is 1. The highest BCUT2D eigenvalue weighted by atomic mass is 16.6. The molecule has 1 unspecified atom stereocenters. The van der Waals surface area contributed by atoms with Crippen LogP contribution in [-0.2, 0) is 30.5 Å². The lowest BCUT2D eigenvalue weighted by atomic mass is 10.1. The Morgan fingerprint density at radius 2 is 1.55 bits per heavy atom. The van der Waals surface area contributed by atoms with Gasteiger partial charge >= 0.3 is 17.9 Å². The first kappa shape index (κ1) is 26.0. The number of aromatic hydroxyl groups is 2. The zero-order valence-corrected chi connectivity index (χ0v) is 17.8. The summed E-state index contributed by atoms with van der Waals surface area (Å²) in [5.74, 6) is -4.10. The SMILES string of the molecule is CCCCCCCCC(=O)NC(CC(=O)OC(=O)CCCn1c(O)ccc1O)C(=O)O. The molecule has 0 bridgehead atoms. The number of unbranched alkanes of at least 4 members (excludes halogenated alkanes) is 5. The normalized spacial score (nSPS) is 11.6. The van der Waals surface area contributed by atoms with E-state index in [2.05, 4.69) is 17.0 Å². The number of ether oxygens (including phenoxy) is 1. The van der Waals surface area contributed by atoms with E-state index >= 15 is 0 Å². The molecule has 0 aliphatic rings. The van der Waals surface area contributed by atoms with Gasteiger partial charge in [0.05, 0.1) is 6.42 Å². The van der Waals surface area contributed by atoms with Gasteiger partial charge in [0.15, 0.2) is 11.8 Å². The van der Waals surface area contributed by atoms with E-state index in [0.29, 0.717) is 6.42 Å². The predicted molar refractivity (Wildman–Crippen MR) is 110 cm³/mol. The molecule has 1 aromatic heterocycles. The molecule has 0 fully saturated rings. The molecule has 10 nitrogen and oxygen atoms in total. The van der Waals surface area contributed by atoms with E-state index in [-0.39, 0.29) is 37.6 Å². The second-order valence-electron chi connectivity index (χ2n) is 7.33. The van der Waals surface area contributed by atoms with Crippen LogP contribution in [0.15, 0.2) is 12.1 Å². The van der Waals surface area contributed by atoms with Crippen molar-refractivity contribution < 1.29 is 39.2 Å². The van der Waals surface area contributed by atoms with Gasteiger partial charge in [-0.2, -0.15) is 0 Å². The second-order valence-corrected chi connectivity index (χ2v) is 7.33. The van der Waals surface area contributed by atoms with Crippen molar-refractivity contribution >= 4 is 23.8 Å². The molecule has 1 aromatic rings. The van der Waals surface area contributed by atoms with Crippen LogP contribution >= 0.6 is 0 Å². The number of carbonyl (C=O) groups is 4. The predicted octanol–water partition coefficient (Wildman–Crippen LogP) is 2.46. The number of nitrogens with one attached hydrogen (secondary N) is 1. The van der Waals surface area contributed by atoms with E-state index in [4.69, 9.17) is 0 Å². The number of amides is 1. The third kappa shape index (κ3) is 10.5. The summed E-state index contributed by atoms with van der Waals surface area (Å²) in [5.41, 5.74) is 0. The van der Waals surface area contributed by atoms with Crippen LogP contribution in [0, 0.1) is 0 Å². The summed E-state index contributed by atoms with van der Waals surface area (Å²) in [4.78, 5) is 46.9. The molecule has 174 valence electrons. The largest absolute Gasteiger partial charge is 0.494 e. The summed E-state index contributed by atoms with van der Waals surface area (Å²) in [6.45, 7) is 2.24. The molecule has 1 atom stereocenters.